The number of amides is 2. The van der Waals surface area contributed by atoms with Gasteiger partial charge in [-0.15, -0.1) is 0 Å². The quantitative estimate of drug-likeness (QED) is 0.0480. The Morgan fingerprint density at radius 1 is 0.377 bits per heavy atom. The Hall–Kier alpha value is -1.10. The second-order valence-electron chi connectivity index (χ2n) is 15.9. The van der Waals surface area contributed by atoms with Gasteiger partial charge < -0.3 is 9.80 Å². The maximum absolute atomic E-state index is 12.9. The van der Waals surface area contributed by atoms with Gasteiger partial charge in [0.25, 0.3) is 0 Å². The van der Waals surface area contributed by atoms with Crippen molar-refractivity contribution in [1.82, 2.24) is 9.80 Å². The van der Waals surface area contributed by atoms with E-state index in [1.807, 2.05) is 9.80 Å². The average Bonchev–Trinajstić information content (AvgIpc) is 3.15. The van der Waals surface area contributed by atoms with Crippen molar-refractivity contribution in [3.63, 3.8) is 0 Å². The van der Waals surface area contributed by atoms with Gasteiger partial charge in [0.05, 0.1) is 12.8 Å². The van der Waals surface area contributed by atoms with Crippen LogP contribution in [0.5, 0.6) is 0 Å². The number of rotatable bonds is 34. The van der Waals surface area contributed by atoms with Crippen LogP contribution in [-0.2, 0) is 38.7 Å². The van der Waals surface area contributed by atoms with Crippen LogP contribution in [0.4, 0.5) is 0 Å². The number of ketones is 2. The standard InChI is InChI=1S/2C23H45NO2.Zn/c2*1-6-11-14-20(9-4)18-24(19-21(10-5)15-12-7-2)23(26)17-22(25)16-13-8-3;/h2*20-21H,6-19H2,1-5H3;. The summed E-state index contributed by atoms with van der Waals surface area (Å²) in [5.41, 5.74) is 0. The first kappa shape index (κ1) is 56.2. The molecule has 0 rings (SSSR count). The fourth-order valence-corrected chi connectivity index (χ4v) is 6.96. The molecule has 4 atom stereocenters. The molecule has 0 aromatic carbocycles. The molecule has 0 saturated heterocycles. The van der Waals surface area contributed by atoms with Crippen LogP contribution in [-0.4, -0.2) is 59.4 Å². The van der Waals surface area contributed by atoms with E-state index in [9.17, 15) is 19.2 Å². The van der Waals surface area contributed by atoms with Crippen LogP contribution in [0.25, 0.3) is 0 Å². The van der Waals surface area contributed by atoms with Gasteiger partial charge in [0, 0.05) is 58.5 Å². The normalized spacial score (nSPS) is 13.2. The van der Waals surface area contributed by atoms with E-state index in [2.05, 4.69) is 69.2 Å². The van der Waals surface area contributed by atoms with Crippen molar-refractivity contribution < 1.29 is 38.7 Å². The number of nitrogens with zero attached hydrogens (tertiary/aromatic N) is 2. The molecule has 6 nitrogen and oxygen atoms in total. The molecule has 0 aliphatic rings. The smallest absolute Gasteiger partial charge is 0.230 e. The zero-order chi connectivity index (χ0) is 39.6. The van der Waals surface area contributed by atoms with Gasteiger partial charge in [0.15, 0.2) is 0 Å². The van der Waals surface area contributed by atoms with Crippen molar-refractivity contribution in [2.45, 2.75) is 223 Å². The molecule has 0 spiro atoms. The summed E-state index contributed by atoms with van der Waals surface area (Å²) in [7, 11) is 0. The summed E-state index contributed by atoms with van der Waals surface area (Å²) in [6.45, 7) is 25.3. The molecular formula is C46H90N2O4Zn. The minimum Gasteiger partial charge on any atom is -0.342 e. The molecule has 0 aliphatic carbocycles. The minimum atomic E-state index is 0. The molecule has 7 heteroatoms. The van der Waals surface area contributed by atoms with E-state index < -0.39 is 0 Å². The molecule has 0 saturated carbocycles. The molecule has 0 aromatic heterocycles. The summed E-state index contributed by atoms with van der Waals surface area (Å²) in [6.07, 6.45) is 24.0. The van der Waals surface area contributed by atoms with Crippen molar-refractivity contribution in [2.24, 2.45) is 23.7 Å². The van der Waals surface area contributed by atoms with Crippen molar-refractivity contribution in [3.05, 3.63) is 0 Å². The third kappa shape index (κ3) is 30.8. The maximum Gasteiger partial charge on any atom is 0.230 e. The fourth-order valence-electron chi connectivity index (χ4n) is 6.96. The maximum atomic E-state index is 12.9. The summed E-state index contributed by atoms with van der Waals surface area (Å²) >= 11 is 0. The summed E-state index contributed by atoms with van der Waals surface area (Å²) in [5.74, 6) is 2.62. The molecule has 0 radical (unpaired) electrons. The van der Waals surface area contributed by atoms with Crippen LogP contribution in [0.2, 0.25) is 0 Å². The van der Waals surface area contributed by atoms with E-state index >= 15 is 0 Å². The third-order valence-electron chi connectivity index (χ3n) is 11.1. The molecule has 0 bridgehead atoms. The minimum absolute atomic E-state index is 0. The zero-order valence-electron chi connectivity index (χ0n) is 37.3. The van der Waals surface area contributed by atoms with Crippen molar-refractivity contribution in [3.8, 4) is 0 Å². The Bertz CT molecular complexity index is 776. The van der Waals surface area contributed by atoms with E-state index in [1.165, 1.54) is 77.0 Å². The number of Topliss-reactive ketones (excluding diaryl/α,β-unsaturated/α-hetero) is 2. The Labute approximate surface area is 343 Å². The second-order valence-corrected chi connectivity index (χ2v) is 15.9. The first-order valence-corrected chi connectivity index (χ1v) is 22.6. The van der Waals surface area contributed by atoms with Crippen molar-refractivity contribution in [2.75, 3.05) is 26.2 Å². The molecule has 0 N–H and O–H groups in total. The van der Waals surface area contributed by atoms with Gasteiger partial charge in [0.2, 0.25) is 11.8 Å². The van der Waals surface area contributed by atoms with Crippen LogP contribution in [0, 0.1) is 23.7 Å². The Morgan fingerprint density at radius 3 is 0.792 bits per heavy atom. The Morgan fingerprint density at radius 2 is 0.604 bits per heavy atom. The van der Waals surface area contributed by atoms with Crippen molar-refractivity contribution in [1.29, 1.82) is 0 Å². The van der Waals surface area contributed by atoms with E-state index in [1.54, 1.807) is 0 Å². The fraction of sp³-hybridized carbons (Fsp3) is 0.913. The molecule has 0 aromatic rings. The van der Waals surface area contributed by atoms with Gasteiger partial charge in [-0.3, -0.25) is 19.2 Å². The summed E-state index contributed by atoms with van der Waals surface area (Å²) in [6, 6.07) is 0. The molecule has 2 amide bonds. The molecular weight excluding hydrogens is 710 g/mol. The van der Waals surface area contributed by atoms with Crippen molar-refractivity contribution >= 4 is 23.4 Å². The molecule has 53 heavy (non-hydrogen) atoms. The van der Waals surface area contributed by atoms with E-state index in [4.69, 9.17) is 0 Å². The van der Waals surface area contributed by atoms with Crippen LogP contribution in [0.3, 0.4) is 0 Å². The number of hydrogen-bond acceptors (Lipinski definition) is 4. The number of hydrogen-bond donors (Lipinski definition) is 0. The monoisotopic (exact) mass is 799 g/mol. The average molecular weight is 801 g/mol. The van der Waals surface area contributed by atoms with E-state index in [0.29, 0.717) is 36.5 Å². The van der Waals surface area contributed by atoms with Crippen LogP contribution >= 0.6 is 0 Å². The van der Waals surface area contributed by atoms with Crippen LogP contribution < -0.4 is 0 Å². The molecule has 4 unspecified atom stereocenters. The third-order valence-corrected chi connectivity index (χ3v) is 11.1. The van der Waals surface area contributed by atoms with Crippen LogP contribution in [0.15, 0.2) is 0 Å². The van der Waals surface area contributed by atoms with Gasteiger partial charge in [-0.1, -0.05) is 159 Å². The second kappa shape index (κ2) is 39.1. The number of carbonyl (C=O) groups is 4. The zero-order valence-corrected chi connectivity index (χ0v) is 40.3. The van der Waals surface area contributed by atoms with E-state index in [0.717, 1.165) is 77.5 Å². The van der Waals surface area contributed by atoms with Gasteiger partial charge in [-0.25, -0.2) is 0 Å². The number of unbranched alkanes of at least 4 members (excludes halogenated alkanes) is 6. The first-order valence-electron chi connectivity index (χ1n) is 22.6. The van der Waals surface area contributed by atoms with Crippen LogP contribution in [0.1, 0.15) is 223 Å². The SMILES string of the molecule is CCCCC(=O)CC(=O)N(CC(CC)CCCC)CC(CC)CCCC.CCCCC(=O)CC(=O)N(CC(CC)CCCC)CC(CC)CCCC.[Zn]. The first-order chi connectivity index (χ1) is 25.0. The Kier molecular flexibility index (Phi) is 41.5. The van der Waals surface area contributed by atoms with Gasteiger partial charge in [0.1, 0.15) is 11.6 Å². The Balaban J connectivity index is -0.000000926. The predicted octanol–water partition coefficient (Wildman–Crippen LogP) is 12.8. The molecule has 0 heterocycles. The van der Waals surface area contributed by atoms with Gasteiger partial charge >= 0.3 is 0 Å². The summed E-state index contributed by atoms with van der Waals surface area (Å²) in [4.78, 5) is 54.1. The van der Waals surface area contributed by atoms with E-state index in [-0.39, 0.29) is 55.7 Å². The summed E-state index contributed by atoms with van der Waals surface area (Å²) < 4.78 is 0. The topological polar surface area (TPSA) is 74.8 Å². The van der Waals surface area contributed by atoms with Gasteiger partial charge in [-0.2, -0.15) is 0 Å². The largest absolute Gasteiger partial charge is 0.342 e. The summed E-state index contributed by atoms with van der Waals surface area (Å²) in [5, 5.41) is 0. The van der Waals surface area contributed by atoms with Gasteiger partial charge in [-0.05, 0) is 62.2 Å². The molecule has 0 fully saturated rings. The predicted molar refractivity (Wildman–Crippen MR) is 225 cm³/mol. The molecule has 0 aliphatic heterocycles. The molecule has 310 valence electrons. The number of carbonyl (C=O) groups excluding carboxylic acids is 4.